The molecule has 2 aliphatic rings. The first-order valence-corrected chi connectivity index (χ1v) is 12.4. The number of aliphatic imine (C=N–C) groups is 1. The first-order valence-electron chi connectivity index (χ1n) is 9.34. The second kappa shape index (κ2) is 8.13. The van der Waals surface area contributed by atoms with Crippen LogP contribution in [0.4, 0.5) is 0 Å². The molecular formula is C21H21ClN2O3S2. The molecular weight excluding hydrogens is 428 g/mol. The van der Waals surface area contributed by atoms with Crippen LogP contribution in [0.2, 0.25) is 5.02 Å². The summed E-state index contributed by atoms with van der Waals surface area (Å²) in [4.78, 5) is 18.9. The van der Waals surface area contributed by atoms with Crippen LogP contribution in [0, 0.1) is 6.92 Å². The van der Waals surface area contributed by atoms with E-state index in [1.807, 2.05) is 48.2 Å². The topological polar surface area (TPSA) is 66.8 Å². The van der Waals surface area contributed by atoms with E-state index in [2.05, 4.69) is 4.99 Å². The maximum Gasteiger partial charge on any atom is 0.252 e. The smallest absolute Gasteiger partial charge is 0.252 e. The highest BCUT2D eigenvalue weighted by Gasteiger charge is 2.48. The van der Waals surface area contributed by atoms with Crippen LogP contribution in [0.5, 0.6) is 0 Å². The summed E-state index contributed by atoms with van der Waals surface area (Å²) in [6, 6.07) is 15.1. The molecule has 2 fully saturated rings. The number of benzene rings is 2. The average molecular weight is 449 g/mol. The molecule has 0 spiro atoms. The molecule has 2 aromatic rings. The molecule has 0 N–H and O–H groups in total. The number of rotatable bonds is 4. The van der Waals surface area contributed by atoms with E-state index < -0.39 is 9.84 Å². The number of amides is 1. The fourth-order valence-corrected chi connectivity index (χ4v) is 7.73. The van der Waals surface area contributed by atoms with Gasteiger partial charge in [0.15, 0.2) is 15.0 Å². The molecule has 1 amide bonds. The van der Waals surface area contributed by atoms with Gasteiger partial charge < -0.3 is 4.90 Å². The molecule has 0 aromatic heterocycles. The Hall–Kier alpha value is -1.83. The predicted molar refractivity (Wildman–Crippen MR) is 118 cm³/mol. The number of hydrogen-bond donors (Lipinski definition) is 0. The van der Waals surface area contributed by atoms with E-state index in [0.29, 0.717) is 16.7 Å². The largest absolute Gasteiger partial charge is 0.342 e. The van der Waals surface area contributed by atoms with E-state index >= 15 is 0 Å². The van der Waals surface area contributed by atoms with Gasteiger partial charge in [0.25, 0.3) is 5.91 Å². The molecule has 2 aromatic carbocycles. The number of carbonyl (C=O) groups is 1. The summed E-state index contributed by atoms with van der Waals surface area (Å²) >= 11 is 7.31. The lowest BCUT2D eigenvalue weighted by molar-refractivity contribution is -0.117. The Bertz CT molecular complexity index is 1050. The molecule has 2 unspecified atom stereocenters. The monoisotopic (exact) mass is 448 g/mol. The maximum absolute atomic E-state index is 12.6. The molecule has 0 bridgehead atoms. The lowest BCUT2D eigenvalue weighted by Gasteiger charge is -2.24. The summed E-state index contributed by atoms with van der Waals surface area (Å²) in [7, 11) is -3.06. The molecule has 0 aliphatic carbocycles. The van der Waals surface area contributed by atoms with Gasteiger partial charge in [-0.25, -0.2) is 8.42 Å². The van der Waals surface area contributed by atoms with Gasteiger partial charge in [0, 0.05) is 16.8 Å². The van der Waals surface area contributed by atoms with Gasteiger partial charge in [-0.15, -0.1) is 0 Å². The van der Waals surface area contributed by atoms with Crippen molar-refractivity contribution in [2.45, 2.75) is 31.2 Å². The summed E-state index contributed by atoms with van der Waals surface area (Å²) in [5.41, 5.74) is 3.08. The first-order chi connectivity index (χ1) is 13.8. The fourth-order valence-electron chi connectivity index (χ4n) is 3.63. The van der Waals surface area contributed by atoms with E-state index in [1.54, 1.807) is 12.1 Å². The average Bonchev–Trinajstić information content (AvgIpc) is 3.11. The molecule has 2 saturated heterocycles. The zero-order chi connectivity index (χ0) is 20.6. The molecule has 2 atom stereocenters. The van der Waals surface area contributed by atoms with Gasteiger partial charge in [-0.05, 0) is 30.2 Å². The minimum atomic E-state index is -3.06. The zero-order valence-corrected chi connectivity index (χ0v) is 18.3. The minimum absolute atomic E-state index is 0.0764. The number of fused-ring (bicyclic) bond motifs is 1. The molecule has 8 heteroatoms. The Labute approximate surface area is 180 Å². The van der Waals surface area contributed by atoms with Crippen LogP contribution in [0.3, 0.4) is 0 Å². The molecule has 2 aliphatic heterocycles. The SMILES string of the molecule is Cc1ccc(CN2C(=NC(=O)Cc3ccc(Cl)cc3)SC3CS(=O)(=O)CC32)cc1. The Balaban J connectivity index is 1.56. The highest BCUT2D eigenvalue weighted by atomic mass is 35.5. The van der Waals surface area contributed by atoms with Crippen molar-refractivity contribution in [2.75, 3.05) is 11.5 Å². The van der Waals surface area contributed by atoms with Crippen molar-refractivity contribution in [3.8, 4) is 0 Å². The first kappa shape index (κ1) is 20.4. The number of amidine groups is 1. The van der Waals surface area contributed by atoms with Crippen molar-refractivity contribution in [2.24, 2.45) is 4.99 Å². The summed E-state index contributed by atoms with van der Waals surface area (Å²) in [5, 5.41) is 1.17. The van der Waals surface area contributed by atoms with E-state index in [0.717, 1.165) is 16.7 Å². The molecule has 152 valence electrons. The lowest BCUT2D eigenvalue weighted by Crippen LogP contribution is -2.37. The molecule has 5 nitrogen and oxygen atoms in total. The maximum atomic E-state index is 12.6. The number of hydrogen-bond acceptors (Lipinski definition) is 4. The predicted octanol–water partition coefficient (Wildman–Crippen LogP) is 3.49. The van der Waals surface area contributed by atoms with Crippen molar-refractivity contribution < 1.29 is 13.2 Å². The van der Waals surface area contributed by atoms with Gasteiger partial charge in [-0.3, -0.25) is 4.79 Å². The normalized spacial score (nSPS) is 24.1. The second-order valence-corrected chi connectivity index (χ2v) is 11.3. The number of sulfone groups is 1. The highest BCUT2D eigenvalue weighted by Crippen LogP contribution is 2.39. The number of halogens is 1. The van der Waals surface area contributed by atoms with Gasteiger partial charge in [0.1, 0.15) is 0 Å². The van der Waals surface area contributed by atoms with Crippen molar-refractivity contribution in [3.05, 3.63) is 70.2 Å². The highest BCUT2D eigenvalue weighted by molar-refractivity contribution is 8.15. The van der Waals surface area contributed by atoms with E-state index in [4.69, 9.17) is 11.6 Å². The van der Waals surface area contributed by atoms with Crippen LogP contribution in [0.25, 0.3) is 0 Å². The zero-order valence-electron chi connectivity index (χ0n) is 15.9. The number of nitrogens with zero attached hydrogens (tertiary/aromatic N) is 2. The number of thioether (sulfide) groups is 1. The third-order valence-corrected chi connectivity index (χ3v) is 8.64. The fraction of sp³-hybridized carbons (Fsp3) is 0.333. The Morgan fingerprint density at radius 1 is 1.10 bits per heavy atom. The minimum Gasteiger partial charge on any atom is -0.342 e. The third kappa shape index (κ3) is 4.85. The lowest BCUT2D eigenvalue weighted by atomic mass is 10.1. The van der Waals surface area contributed by atoms with Crippen LogP contribution in [-0.4, -0.2) is 47.2 Å². The molecule has 29 heavy (non-hydrogen) atoms. The van der Waals surface area contributed by atoms with Gasteiger partial charge in [-0.2, -0.15) is 4.99 Å². The Kier molecular flexibility index (Phi) is 5.73. The van der Waals surface area contributed by atoms with Gasteiger partial charge in [0.2, 0.25) is 0 Å². The summed E-state index contributed by atoms with van der Waals surface area (Å²) in [6.45, 7) is 2.56. The molecule has 0 radical (unpaired) electrons. The van der Waals surface area contributed by atoms with Crippen LogP contribution in [-0.2, 0) is 27.6 Å². The molecule has 4 rings (SSSR count). The quantitative estimate of drug-likeness (QED) is 0.716. The van der Waals surface area contributed by atoms with Gasteiger partial charge in [0.05, 0.1) is 24.0 Å². The number of carbonyl (C=O) groups excluding carboxylic acids is 1. The molecule has 2 heterocycles. The van der Waals surface area contributed by atoms with Crippen LogP contribution in [0.1, 0.15) is 16.7 Å². The molecule has 0 saturated carbocycles. The summed E-state index contributed by atoms with van der Waals surface area (Å²) < 4.78 is 24.3. The van der Waals surface area contributed by atoms with Gasteiger partial charge in [-0.1, -0.05) is 65.3 Å². The number of aryl methyl sites for hydroxylation is 1. The second-order valence-electron chi connectivity index (χ2n) is 7.51. The van der Waals surface area contributed by atoms with Crippen LogP contribution >= 0.6 is 23.4 Å². The van der Waals surface area contributed by atoms with Crippen LogP contribution < -0.4 is 0 Å². The van der Waals surface area contributed by atoms with E-state index in [1.165, 1.54) is 11.8 Å². The standard InChI is InChI=1S/C21H21ClN2O3S2/c1-14-2-4-16(5-3-14)11-24-18-12-29(26,27)13-19(18)28-21(24)23-20(25)10-15-6-8-17(22)9-7-15/h2-9,18-19H,10-13H2,1H3. The Morgan fingerprint density at radius 3 is 2.45 bits per heavy atom. The van der Waals surface area contributed by atoms with Crippen LogP contribution in [0.15, 0.2) is 53.5 Å². The van der Waals surface area contributed by atoms with Crippen molar-refractivity contribution in [3.63, 3.8) is 0 Å². The van der Waals surface area contributed by atoms with Crippen molar-refractivity contribution >= 4 is 44.3 Å². The van der Waals surface area contributed by atoms with Crippen molar-refractivity contribution in [1.82, 2.24) is 4.90 Å². The van der Waals surface area contributed by atoms with Crippen molar-refractivity contribution in [1.29, 1.82) is 0 Å². The van der Waals surface area contributed by atoms with E-state index in [-0.39, 0.29) is 35.1 Å². The summed E-state index contributed by atoms with van der Waals surface area (Å²) in [6.07, 6.45) is 0.188. The van der Waals surface area contributed by atoms with Gasteiger partial charge >= 0.3 is 0 Å². The van der Waals surface area contributed by atoms with E-state index in [9.17, 15) is 13.2 Å². The summed E-state index contributed by atoms with van der Waals surface area (Å²) in [5.74, 6) is 0.00414. The third-order valence-electron chi connectivity index (χ3n) is 5.14. The Morgan fingerprint density at radius 2 is 1.76 bits per heavy atom.